The van der Waals surface area contributed by atoms with Crippen LogP contribution in [0.3, 0.4) is 0 Å². The molecule has 0 aliphatic carbocycles. The fraction of sp³-hybridized carbons (Fsp3) is 0.300. The summed E-state index contributed by atoms with van der Waals surface area (Å²) in [6, 6.07) is 10.4. The van der Waals surface area contributed by atoms with Gasteiger partial charge in [0.2, 0.25) is 10.0 Å². The van der Waals surface area contributed by atoms with Crippen LogP contribution < -0.4 is 4.90 Å². The highest BCUT2D eigenvalue weighted by molar-refractivity contribution is 7.89. The van der Waals surface area contributed by atoms with Crippen molar-refractivity contribution >= 4 is 21.5 Å². The minimum atomic E-state index is -4.64. The van der Waals surface area contributed by atoms with Gasteiger partial charge in [0.05, 0.1) is 21.7 Å². The Morgan fingerprint density at radius 2 is 1.73 bits per heavy atom. The minimum Gasteiger partial charge on any atom is -0.368 e. The van der Waals surface area contributed by atoms with Crippen molar-refractivity contribution in [2.45, 2.75) is 18.0 Å². The van der Waals surface area contributed by atoms with Gasteiger partial charge in [-0.3, -0.25) is 4.79 Å². The fourth-order valence-corrected chi connectivity index (χ4v) is 4.73. The molecular weight excluding hydrogens is 419 g/mol. The maximum absolute atomic E-state index is 12.9. The number of anilines is 1. The average molecular weight is 437 g/mol. The normalized spacial score (nSPS) is 15.6. The third-order valence-corrected chi connectivity index (χ3v) is 6.80. The van der Waals surface area contributed by atoms with Gasteiger partial charge < -0.3 is 4.90 Å². The lowest BCUT2D eigenvalue weighted by molar-refractivity contribution is -0.137. The van der Waals surface area contributed by atoms with Gasteiger partial charge in [-0.05, 0) is 43.3 Å². The van der Waals surface area contributed by atoms with Crippen LogP contribution in [0.4, 0.5) is 18.9 Å². The van der Waals surface area contributed by atoms with E-state index >= 15 is 0 Å². The lowest BCUT2D eigenvalue weighted by atomic mass is 10.1. The number of sulfonamides is 1. The molecule has 0 spiro atoms. The quantitative estimate of drug-likeness (QED) is 0.686. The van der Waals surface area contributed by atoms with Crippen molar-refractivity contribution in [2.24, 2.45) is 0 Å². The number of halogens is 3. The predicted octanol–water partition coefficient (Wildman–Crippen LogP) is 3.29. The number of nitriles is 1. The number of carbonyl (C=O) groups is 1. The van der Waals surface area contributed by atoms with E-state index in [1.165, 1.54) is 13.0 Å². The predicted molar refractivity (Wildman–Crippen MR) is 104 cm³/mol. The number of benzene rings is 2. The van der Waals surface area contributed by atoms with Crippen LogP contribution in [0.15, 0.2) is 47.4 Å². The van der Waals surface area contributed by atoms with Crippen molar-refractivity contribution in [1.82, 2.24) is 4.31 Å². The number of Topliss-reactive ketones (excluding diaryl/α,β-unsaturated/α-hetero) is 1. The molecule has 30 heavy (non-hydrogen) atoms. The molecular formula is C20H18F3N3O3S. The molecule has 6 nitrogen and oxygen atoms in total. The molecule has 1 saturated heterocycles. The van der Waals surface area contributed by atoms with Gasteiger partial charge >= 0.3 is 6.18 Å². The molecule has 0 bridgehead atoms. The van der Waals surface area contributed by atoms with E-state index in [0.717, 1.165) is 22.5 Å². The Hall–Kier alpha value is -2.90. The molecule has 2 aromatic carbocycles. The molecule has 2 aromatic rings. The van der Waals surface area contributed by atoms with Crippen molar-refractivity contribution < 1.29 is 26.4 Å². The fourth-order valence-electron chi connectivity index (χ4n) is 3.26. The number of carbonyl (C=O) groups excluding carboxylic acids is 1. The lowest BCUT2D eigenvalue weighted by Crippen LogP contribution is -2.48. The Morgan fingerprint density at radius 3 is 2.30 bits per heavy atom. The molecule has 0 amide bonds. The number of piperazine rings is 1. The van der Waals surface area contributed by atoms with E-state index < -0.39 is 26.7 Å². The van der Waals surface area contributed by atoms with Gasteiger partial charge in [-0.25, -0.2) is 8.42 Å². The van der Waals surface area contributed by atoms with E-state index in [1.807, 2.05) is 0 Å². The molecule has 1 fully saturated rings. The molecule has 3 rings (SSSR count). The number of hydrogen-bond acceptors (Lipinski definition) is 5. The second kappa shape index (κ2) is 8.08. The SMILES string of the molecule is CC(=O)c1ccc(C#N)c(N2CCN(S(=O)(=O)c3cccc(C(F)(F)F)c3)CC2)c1. The first kappa shape index (κ1) is 21.8. The molecule has 0 saturated carbocycles. The zero-order valence-electron chi connectivity index (χ0n) is 16.0. The van der Waals surface area contributed by atoms with Gasteiger partial charge in [0.15, 0.2) is 5.78 Å². The van der Waals surface area contributed by atoms with E-state index in [9.17, 15) is 31.6 Å². The molecule has 0 unspecified atom stereocenters. The third-order valence-electron chi connectivity index (χ3n) is 4.90. The summed E-state index contributed by atoms with van der Waals surface area (Å²) in [5, 5.41) is 9.34. The second-order valence-electron chi connectivity index (χ2n) is 6.82. The Kier molecular flexibility index (Phi) is 5.87. The molecule has 1 aliphatic heterocycles. The van der Waals surface area contributed by atoms with Gasteiger partial charge in [0.25, 0.3) is 0 Å². The van der Waals surface area contributed by atoms with Gasteiger partial charge in [-0.1, -0.05) is 6.07 Å². The summed E-state index contributed by atoms with van der Waals surface area (Å²) < 4.78 is 65.6. The van der Waals surface area contributed by atoms with Crippen LogP contribution >= 0.6 is 0 Å². The Morgan fingerprint density at radius 1 is 1.07 bits per heavy atom. The number of hydrogen-bond donors (Lipinski definition) is 0. The van der Waals surface area contributed by atoms with E-state index in [0.29, 0.717) is 22.9 Å². The summed E-state index contributed by atoms with van der Waals surface area (Å²) >= 11 is 0. The summed E-state index contributed by atoms with van der Waals surface area (Å²) in [5.74, 6) is -0.161. The summed E-state index contributed by atoms with van der Waals surface area (Å²) in [7, 11) is -4.10. The molecule has 158 valence electrons. The van der Waals surface area contributed by atoms with E-state index in [2.05, 4.69) is 6.07 Å². The van der Waals surface area contributed by atoms with E-state index in [4.69, 9.17) is 0 Å². The summed E-state index contributed by atoms with van der Waals surface area (Å²) in [6.45, 7) is 1.94. The highest BCUT2D eigenvalue weighted by Gasteiger charge is 2.34. The molecule has 10 heteroatoms. The first-order valence-corrected chi connectivity index (χ1v) is 10.5. The zero-order chi connectivity index (χ0) is 22.1. The zero-order valence-corrected chi connectivity index (χ0v) is 16.8. The van der Waals surface area contributed by atoms with Gasteiger partial charge in [0.1, 0.15) is 6.07 Å². The second-order valence-corrected chi connectivity index (χ2v) is 8.75. The van der Waals surface area contributed by atoms with Crippen LogP contribution in [0, 0.1) is 11.3 Å². The smallest absolute Gasteiger partial charge is 0.368 e. The highest BCUT2D eigenvalue weighted by Crippen LogP contribution is 2.31. The van der Waals surface area contributed by atoms with Gasteiger partial charge in [0, 0.05) is 31.7 Å². The topological polar surface area (TPSA) is 81.5 Å². The van der Waals surface area contributed by atoms with Gasteiger partial charge in [-0.2, -0.15) is 22.7 Å². The largest absolute Gasteiger partial charge is 0.416 e. The van der Waals surface area contributed by atoms with Crippen molar-refractivity contribution in [3.8, 4) is 6.07 Å². The Balaban J connectivity index is 1.82. The number of nitrogens with zero attached hydrogens (tertiary/aromatic N) is 3. The monoisotopic (exact) mass is 437 g/mol. The number of alkyl halides is 3. The maximum Gasteiger partial charge on any atom is 0.416 e. The number of rotatable bonds is 4. The standard InChI is InChI=1S/C20H18F3N3O3S/c1-14(27)15-5-6-16(13-24)19(11-15)25-7-9-26(10-8-25)30(28,29)18-4-2-3-17(12-18)20(21,22)23/h2-6,11-12H,7-10H2,1H3. The van der Waals surface area contributed by atoms with Crippen LogP contribution in [0.1, 0.15) is 28.4 Å². The first-order chi connectivity index (χ1) is 14.0. The minimum absolute atomic E-state index is 0.0355. The van der Waals surface area contributed by atoms with Crippen LogP contribution in [-0.2, 0) is 16.2 Å². The van der Waals surface area contributed by atoms with Crippen molar-refractivity contribution in [2.75, 3.05) is 31.1 Å². The lowest BCUT2D eigenvalue weighted by Gasteiger charge is -2.36. The maximum atomic E-state index is 12.9. The van der Waals surface area contributed by atoms with Crippen molar-refractivity contribution in [3.63, 3.8) is 0 Å². The summed E-state index contributed by atoms with van der Waals surface area (Å²) in [6.07, 6.45) is -4.64. The molecule has 1 aliphatic rings. The third kappa shape index (κ3) is 4.32. The summed E-state index contributed by atoms with van der Waals surface area (Å²) in [5.41, 5.74) is 0.292. The number of ketones is 1. The van der Waals surface area contributed by atoms with Crippen LogP contribution in [0.25, 0.3) is 0 Å². The Labute approximate surface area is 172 Å². The molecule has 0 atom stereocenters. The highest BCUT2D eigenvalue weighted by atomic mass is 32.2. The Bertz CT molecular complexity index is 1120. The molecule has 0 radical (unpaired) electrons. The van der Waals surface area contributed by atoms with Gasteiger partial charge in [-0.15, -0.1) is 0 Å². The van der Waals surface area contributed by atoms with Crippen molar-refractivity contribution in [3.05, 3.63) is 59.2 Å². The molecule has 0 N–H and O–H groups in total. The van der Waals surface area contributed by atoms with Crippen LogP contribution in [0.2, 0.25) is 0 Å². The van der Waals surface area contributed by atoms with Crippen LogP contribution in [0.5, 0.6) is 0 Å². The van der Waals surface area contributed by atoms with E-state index in [1.54, 1.807) is 17.0 Å². The van der Waals surface area contributed by atoms with E-state index in [-0.39, 0.29) is 32.0 Å². The first-order valence-electron chi connectivity index (χ1n) is 9.01. The van der Waals surface area contributed by atoms with Crippen molar-refractivity contribution in [1.29, 1.82) is 5.26 Å². The van der Waals surface area contributed by atoms with Crippen LogP contribution in [-0.4, -0.2) is 44.7 Å². The average Bonchev–Trinajstić information content (AvgIpc) is 2.72. The summed E-state index contributed by atoms with van der Waals surface area (Å²) in [4.78, 5) is 13.0. The molecule has 1 heterocycles. The molecule has 0 aromatic heterocycles.